The highest BCUT2D eigenvalue weighted by Crippen LogP contribution is 2.18. The number of aldehydes is 1. The van der Waals surface area contributed by atoms with Crippen molar-refractivity contribution in [2.24, 2.45) is 0 Å². The van der Waals surface area contributed by atoms with E-state index in [0.717, 1.165) is 0 Å². The van der Waals surface area contributed by atoms with Gasteiger partial charge < -0.3 is 4.98 Å². The molecule has 1 aromatic heterocycles. The molecule has 1 heterocycles. The van der Waals surface area contributed by atoms with E-state index in [2.05, 4.69) is 9.97 Å². The van der Waals surface area contributed by atoms with Crippen molar-refractivity contribution in [3.8, 4) is 0 Å². The molecule has 5 heteroatoms. The molecular weight excluding hydrogens is 204 g/mol. The molecule has 14 heavy (non-hydrogen) atoms. The van der Waals surface area contributed by atoms with Crippen molar-refractivity contribution >= 4 is 34.2 Å². The van der Waals surface area contributed by atoms with E-state index in [4.69, 9.17) is 11.6 Å². The molecule has 0 amide bonds. The topological polar surface area (TPSA) is 62.8 Å². The smallest absolute Gasteiger partial charge is 0.254 e. The molecule has 0 bridgehead atoms. The number of nitrogens with one attached hydrogen (secondary N) is 1. The van der Waals surface area contributed by atoms with Gasteiger partial charge in [0.1, 0.15) is 11.8 Å². The third-order valence-corrected chi connectivity index (χ3v) is 2.10. The van der Waals surface area contributed by atoms with Gasteiger partial charge in [-0.05, 0) is 23.7 Å². The van der Waals surface area contributed by atoms with Crippen molar-refractivity contribution in [1.82, 2.24) is 9.97 Å². The molecule has 70 valence electrons. The number of fused-ring (bicyclic) bond motifs is 1. The second kappa shape index (κ2) is 3.23. The molecule has 2 rings (SSSR count). The molecule has 4 nitrogen and oxygen atoms in total. The predicted molar refractivity (Wildman–Crippen MR) is 51.7 cm³/mol. The molecule has 0 unspecified atom stereocenters. The van der Waals surface area contributed by atoms with Crippen LogP contribution in [-0.4, -0.2) is 21.5 Å². The van der Waals surface area contributed by atoms with Gasteiger partial charge in [-0.3, -0.25) is 9.59 Å². The number of rotatable bonds is 2. The van der Waals surface area contributed by atoms with Gasteiger partial charge in [0.25, 0.3) is 5.24 Å². The monoisotopic (exact) mass is 208 g/mol. The molecule has 0 atom stereocenters. The molecule has 0 radical (unpaired) electrons. The summed E-state index contributed by atoms with van der Waals surface area (Å²) in [7, 11) is 0. The van der Waals surface area contributed by atoms with Crippen molar-refractivity contribution in [3.63, 3.8) is 0 Å². The van der Waals surface area contributed by atoms with Crippen LogP contribution in [0.3, 0.4) is 0 Å². The van der Waals surface area contributed by atoms with E-state index in [1.807, 2.05) is 0 Å². The summed E-state index contributed by atoms with van der Waals surface area (Å²) in [6.07, 6.45) is 2.10. The summed E-state index contributed by atoms with van der Waals surface area (Å²) in [6, 6.07) is 3.03. The highest BCUT2D eigenvalue weighted by molar-refractivity contribution is 6.68. The summed E-state index contributed by atoms with van der Waals surface area (Å²) >= 11 is 5.36. The van der Waals surface area contributed by atoms with Crippen LogP contribution in [0, 0.1) is 0 Å². The standard InChI is InChI=1S/C9H5ClN2O2/c10-9(14)6-1-5(3-13)2-7-8(6)12-4-11-7/h1-4H,(H,11,12). The minimum Gasteiger partial charge on any atom is -0.345 e. The second-order valence-electron chi connectivity index (χ2n) is 2.76. The first-order valence-corrected chi connectivity index (χ1v) is 4.22. The van der Waals surface area contributed by atoms with Crippen LogP contribution in [0.1, 0.15) is 20.7 Å². The van der Waals surface area contributed by atoms with Gasteiger partial charge in [-0.2, -0.15) is 0 Å². The van der Waals surface area contributed by atoms with Gasteiger partial charge in [-0.25, -0.2) is 4.98 Å². The third kappa shape index (κ3) is 1.29. The van der Waals surface area contributed by atoms with E-state index in [1.165, 1.54) is 12.4 Å². The number of halogens is 1. The van der Waals surface area contributed by atoms with Crippen molar-refractivity contribution < 1.29 is 9.59 Å². The zero-order valence-corrected chi connectivity index (χ0v) is 7.71. The molecule has 0 saturated heterocycles. The second-order valence-corrected chi connectivity index (χ2v) is 3.10. The maximum absolute atomic E-state index is 11.0. The quantitative estimate of drug-likeness (QED) is 0.604. The number of carbonyl (C=O) groups excluding carboxylic acids is 2. The summed E-state index contributed by atoms with van der Waals surface area (Å²) in [5.41, 5.74) is 1.74. The fourth-order valence-corrected chi connectivity index (χ4v) is 1.43. The Labute approximate surface area is 83.9 Å². The van der Waals surface area contributed by atoms with Gasteiger partial charge in [-0.1, -0.05) is 0 Å². The number of nitrogens with zero attached hydrogens (tertiary/aromatic N) is 1. The SMILES string of the molecule is O=Cc1cc(C(=O)Cl)c2nc[nH]c2c1. The Kier molecular flexibility index (Phi) is 2.05. The van der Waals surface area contributed by atoms with Crippen LogP contribution in [0.2, 0.25) is 0 Å². The molecule has 2 aromatic rings. The molecular formula is C9H5ClN2O2. The Hall–Kier alpha value is -1.68. The van der Waals surface area contributed by atoms with E-state index in [1.54, 1.807) is 6.07 Å². The molecule has 0 spiro atoms. The first-order chi connectivity index (χ1) is 6.72. The van der Waals surface area contributed by atoms with Crippen molar-refractivity contribution in [2.45, 2.75) is 0 Å². The maximum atomic E-state index is 11.0. The minimum absolute atomic E-state index is 0.243. The fourth-order valence-electron chi connectivity index (χ4n) is 1.29. The number of benzene rings is 1. The first-order valence-electron chi connectivity index (χ1n) is 3.84. The normalized spacial score (nSPS) is 10.4. The molecule has 0 aliphatic rings. The average Bonchev–Trinajstić information content (AvgIpc) is 2.63. The van der Waals surface area contributed by atoms with Crippen LogP contribution in [0.15, 0.2) is 18.5 Å². The largest absolute Gasteiger partial charge is 0.345 e. The van der Waals surface area contributed by atoms with Crippen LogP contribution >= 0.6 is 11.6 Å². The Morgan fingerprint density at radius 2 is 2.29 bits per heavy atom. The zero-order chi connectivity index (χ0) is 10.1. The Balaban J connectivity index is 2.83. The van der Waals surface area contributed by atoms with Gasteiger partial charge in [0.05, 0.1) is 17.4 Å². The molecule has 0 saturated carbocycles. The molecule has 0 fully saturated rings. The van der Waals surface area contributed by atoms with E-state index in [9.17, 15) is 9.59 Å². The molecule has 1 aromatic carbocycles. The van der Waals surface area contributed by atoms with Crippen LogP contribution in [0.4, 0.5) is 0 Å². The first kappa shape index (κ1) is 8.90. The van der Waals surface area contributed by atoms with Crippen LogP contribution in [0.5, 0.6) is 0 Å². The molecule has 0 aliphatic heterocycles. The lowest BCUT2D eigenvalue weighted by Gasteiger charge is -1.97. The number of aromatic amines is 1. The maximum Gasteiger partial charge on any atom is 0.254 e. The number of imidazole rings is 1. The lowest BCUT2D eigenvalue weighted by Crippen LogP contribution is -1.93. The lowest BCUT2D eigenvalue weighted by atomic mass is 10.1. The van der Waals surface area contributed by atoms with Crippen LogP contribution in [0.25, 0.3) is 11.0 Å². The lowest BCUT2D eigenvalue weighted by molar-refractivity contribution is 0.108. The van der Waals surface area contributed by atoms with Gasteiger partial charge in [0.15, 0.2) is 0 Å². The van der Waals surface area contributed by atoms with Crippen molar-refractivity contribution in [2.75, 3.05) is 0 Å². The number of hydrogen-bond donors (Lipinski definition) is 1. The number of H-pyrrole nitrogens is 1. The summed E-state index contributed by atoms with van der Waals surface area (Å²) in [5.74, 6) is 0. The highest BCUT2D eigenvalue weighted by Gasteiger charge is 2.11. The Bertz CT molecular complexity index is 519. The summed E-state index contributed by atoms with van der Waals surface area (Å²) in [6.45, 7) is 0. The van der Waals surface area contributed by atoms with Crippen LogP contribution < -0.4 is 0 Å². The van der Waals surface area contributed by atoms with Crippen LogP contribution in [-0.2, 0) is 0 Å². The number of carbonyl (C=O) groups is 2. The summed E-state index contributed by atoms with van der Waals surface area (Å²) < 4.78 is 0. The zero-order valence-electron chi connectivity index (χ0n) is 6.95. The predicted octanol–water partition coefficient (Wildman–Crippen LogP) is 1.75. The fraction of sp³-hybridized carbons (Fsp3) is 0. The Morgan fingerprint density at radius 1 is 1.50 bits per heavy atom. The van der Waals surface area contributed by atoms with Crippen molar-refractivity contribution in [3.05, 3.63) is 29.6 Å². The molecule has 0 aliphatic carbocycles. The highest BCUT2D eigenvalue weighted by atomic mass is 35.5. The summed E-state index contributed by atoms with van der Waals surface area (Å²) in [4.78, 5) is 28.3. The third-order valence-electron chi connectivity index (χ3n) is 1.89. The van der Waals surface area contributed by atoms with E-state index in [0.29, 0.717) is 22.9 Å². The average molecular weight is 209 g/mol. The van der Waals surface area contributed by atoms with Crippen molar-refractivity contribution in [1.29, 1.82) is 0 Å². The van der Waals surface area contributed by atoms with Gasteiger partial charge in [0, 0.05) is 5.56 Å². The number of hydrogen-bond acceptors (Lipinski definition) is 3. The van der Waals surface area contributed by atoms with Gasteiger partial charge in [0.2, 0.25) is 0 Å². The van der Waals surface area contributed by atoms with E-state index in [-0.39, 0.29) is 5.56 Å². The van der Waals surface area contributed by atoms with E-state index < -0.39 is 5.24 Å². The Morgan fingerprint density at radius 3 is 2.93 bits per heavy atom. The number of aromatic nitrogens is 2. The van der Waals surface area contributed by atoms with Gasteiger partial charge in [-0.15, -0.1) is 0 Å². The van der Waals surface area contributed by atoms with E-state index >= 15 is 0 Å². The van der Waals surface area contributed by atoms with Gasteiger partial charge >= 0.3 is 0 Å². The summed E-state index contributed by atoms with van der Waals surface area (Å²) in [5, 5.41) is -0.620. The minimum atomic E-state index is -0.620. The molecule has 1 N–H and O–H groups in total.